The van der Waals surface area contributed by atoms with Gasteiger partial charge in [0.2, 0.25) is 0 Å². The predicted octanol–water partition coefficient (Wildman–Crippen LogP) is 13.8. The molecule has 0 amide bonds. The van der Waals surface area contributed by atoms with Gasteiger partial charge >= 0.3 is 0 Å². The van der Waals surface area contributed by atoms with Crippen LogP contribution in [-0.2, 0) is 25.8 Å². The molecule has 1 aromatic heterocycles. The molecular formula is C42H74N2. The zero-order valence-electron chi connectivity index (χ0n) is 29.8. The highest BCUT2D eigenvalue weighted by Crippen LogP contribution is 2.17. The van der Waals surface area contributed by atoms with Crippen LogP contribution in [0.5, 0.6) is 0 Å². The van der Waals surface area contributed by atoms with Crippen LogP contribution in [0.25, 0.3) is 0 Å². The number of hydrogen-bond donors (Lipinski definition) is 0. The van der Waals surface area contributed by atoms with Crippen molar-refractivity contribution in [1.82, 2.24) is 9.55 Å². The van der Waals surface area contributed by atoms with Crippen LogP contribution in [0, 0.1) is 0 Å². The first-order chi connectivity index (χ1) is 21.8. The lowest BCUT2D eigenvalue weighted by Gasteiger charge is -2.08. The number of benzene rings is 1. The lowest BCUT2D eigenvalue weighted by Crippen LogP contribution is -2.03. The summed E-state index contributed by atoms with van der Waals surface area (Å²) in [5.74, 6) is 1.36. The third kappa shape index (κ3) is 21.2. The minimum Gasteiger partial charge on any atom is -0.335 e. The van der Waals surface area contributed by atoms with Gasteiger partial charge in [-0.05, 0) is 37.7 Å². The third-order valence-corrected chi connectivity index (χ3v) is 9.66. The van der Waals surface area contributed by atoms with E-state index in [1.54, 1.807) is 0 Å². The lowest BCUT2D eigenvalue weighted by molar-refractivity contribution is 0.518. The smallest absolute Gasteiger partial charge is 0.108 e. The van der Waals surface area contributed by atoms with Gasteiger partial charge in [-0.15, -0.1) is 0 Å². The van der Waals surface area contributed by atoms with E-state index in [1.807, 2.05) is 0 Å². The number of aryl methyl sites for hydroxylation is 4. The molecule has 0 atom stereocenters. The highest BCUT2D eigenvalue weighted by atomic mass is 15.1. The van der Waals surface area contributed by atoms with Crippen LogP contribution >= 0.6 is 0 Å². The van der Waals surface area contributed by atoms with Gasteiger partial charge in [0, 0.05) is 19.2 Å². The molecule has 2 heteroatoms. The van der Waals surface area contributed by atoms with Gasteiger partial charge in [0.05, 0.1) is 5.69 Å². The SMILES string of the molecule is CCCCCCCCCCCCCCCCCCCc1nc(CCCc2ccccc2)cn1CCCCCCCCCCC. The van der Waals surface area contributed by atoms with Crippen LogP contribution in [0.4, 0.5) is 0 Å². The molecular weight excluding hydrogens is 532 g/mol. The maximum atomic E-state index is 5.17. The Hall–Kier alpha value is -1.57. The molecule has 2 aromatic rings. The Balaban J connectivity index is 1.57. The van der Waals surface area contributed by atoms with Gasteiger partial charge in [-0.2, -0.15) is 0 Å². The molecule has 0 saturated carbocycles. The minimum absolute atomic E-state index is 1.10. The molecule has 0 saturated heterocycles. The quantitative estimate of drug-likeness (QED) is 0.0757. The Bertz CT molecular complexity index is 854. The van der Waals surface area contributed by atoms with Crippen LogP contribution < -0.4 is 0 Å². The summed E-state index contributed by atoms with van der Waals surface area (Å²) in [5, 5.41) is 0. The van der Waals surface area contributed by atoms with E-state index in [9.17, 15) is 0 Å². The van der Waals surface area contributed by atoms with Gasteiger partial charge in [-0.25, -0.2) is 4.98 Å². The molecule has 0 spiro atoms. The standard InChI is InChI=1S/C42H74N2/c1-3-5-7-9-11-13-14-15-16-17-18-19-20-21-23-25-30-37-42-43-41(36-32-35-40-33-28-27-29-34-40)39-44(42)38-31-26-24-22-12-10-8-6-4-2/h27-29,33-34,39H,3-26,30-32,35-38H2,1-2H3. The molecule has 0 unspecified atom stereocenters. The van der Waals surface area contributed by atoms with Crippen molar-refractivity contribution >= 4 is 0 Å². The lowest BCUT2D eigenvalue weighted by atomic mass is 10.0. The van der Waals surface area contributed by atoms with Gasteiger partial charge in [0.15, 0.2) is 0 Å². The highest BCUT2D eigenvalue weighted by Gasteiger charge is 2.09. The number of unbranched alkanes of at least 4 members (excludes halogenated alkanes) is 24. The van der Waals surface area contributed by atoms with Crippen molar-refractivity contribution in [2.75, 3.05) is 0 Å². The van der Waals surface area contributed by atoms with Gasteiger partial charge < -0.3 is 4.57 Å². The molecule has 0 bridgehead atoms. The summed E-state index contributed by atoms with van der Waals surface area (Å²) in [6.45, 7) is 5.77. The van der Waals surface area contributed by atoms with Crippen molar-refractivity contribution in [2.45, 2.75) is 213 Å². The fraction of sp³-hybridized carbons (Fsp3) is 0.786. The Labute approximate surface area is 275 Å². The maximum absolute atomic E-state index is 5.17. The number of aromatic nitrogens is 2. The molecule has 0 N–H and O–H groups in total. The summed E-state index contributed by atoms with van der Waals surface area (Å²) in [4.78, 5) is 5.17. The second kappa shape index (κ2) is 28.9. The largest absolute Gasteiger partial charge is 0.335 e. The maximum Gasteiger partial charge on any atom is 0.108 e. The van der Waals surface area contributed by atoms with Crippen molar-refractivity contribution in [3.8, 4) is 0 Å². The van der Waals surface area contributed by atoms with Crippen molar-refractivity contribution < 1.29 is 0 Å². The van der Waals surface area contributed by atoms with E-state index in [4.69, 9.17) is 4.98 Å². The van der Waals surface area contributed by atoms with Gasteiger partial charge in [0.1, 0.15) is 5.82 Å². The van der Waals surface area contributed by atoms with E-state index >= 15 is 0 Å². The number of imidazole rings is 1. The Morgan fingerprint density at radius 2 is 0.864 bits per heavy atom. The molecule has 0 radical (unpaired) electrons. The molecule has 0 fully saturated rings. The van der Waals surface area contributed by atoms with Crippen molar-refractivity contribution in [3.05, 3.63) is 53.6 Å². The Morgan fingerprint density at radius 1 is 0.432 bits per heavy atom. The zero-order chi connectivity index (χ0) is 31.2. The summed E-state index contributed by atoms with van der Waals surface area (Å²) in [5.41, 5.74) is 2.77. The van der Waals surface area contributed by atoms with E-state index in [0.29, 0.717) is 0 Å². The fourth-order valence-corrected chi connectivity index (χ4v) is 6.75. The highest BCUT2D eigenvalue weighted by molar-refractivity contribution is 5.15. The average molecular weight is 607 g/mol. The Morgan fingerprint density at radius 3 is 1.34 bits per heavy atom. The van der Waals surface area contributed by atoms with E-state index in [-0.39, 0.29) is 0 Å². The average Bonchev–Trinajstić information content (AvgIpc) is 3.43. The van der Waals surface area contributed by atoms with Crippen LogP contribution in [0.3, 0.4) is 0 Å². The topological polar surface area (TPSA) is 17.8 Å². The molecule has 2 nitrogen and oxygen atoms in total. The molecule has 44 heavy (non-hydrogen) atoms. The third-order valence-electron chi connectivity index (χ3n) is 9.66. The monoisotopic (exact) mass is 607 g/mol. The fourth-order valence-electron chi connectivity index (χ4n) is 6.75. The second-order valence-electron chi connectivity index (χ2n) is 13.9. The van der Waals surface area contributed by atoms with Crippen molar-refractivity contribution in [1.29, 1.82) is 0 Å². The minimum atomic E-state index is 1.10. The van der Waals surface area contributed by atoms with Crippen LogP contribution in [-0.4, -0.2) is 9.55 Å². The number of rotatable bonds is 32. The molecule has 0 aliphatic heterocycles. The summed E-state index contributed by atoms with van der Waals surface area (Å²) < 4.78 is 2.53. The molecule has 1 aromatic carbocycles. The van der Waals surface area contributed by atoms with Crippen LogP contribution in [0.1, 0.15) is 204 Å². The van der Waals surface area contributed by atoms with E-state index in [2.05, 4.69) is 54.9 Å². The molecule has 0 aliphatic rings. The molecule has 252 valence electrons. The first-order valence-electron chi connectivity index (χ1n) is 19.9. The van der Waals surface area contributed by atoms with Gasteiger partial charge in [0.25, 0.3) is 0 Å². The first-order valence-corrected chi connectivity index (χ1v) is 19.9. The Kier molecular flexibility index (Phi) is 25.3. The molecule has 1 heterocycles. The number of hydrogen-bond acceptors (Lipinski definition) is 1. The summed E-state index contributed by atoms with van der Waals surface area (Å²) in [7, 11) is 0. The van der Waals surface area contributed by atoms with Crippen LogP contribution in [0.2, 0.25) is 0 Å². The normalized spacial score (nSPS) is 11.5. The van der Waals surface area contributed by atoms with Gasteiger partial charge in [-0.1, -0.05) is 198 Å². The summed E-state index contributed by atoms with van der Waals surface area (Å²) in [6, 6.07) is 10.9. The van der Waals surface area contributed by atoms with E-state index < -0.39 is 0 Å². The first kappa shape index (κ1) is 38.6. The van der Waals surface area contributed by atoms with Gasteiger partial charge in [-0.3, -0.25) is 0 Å². The number of nitrogens with zero attached hydrogens (tertiary/aromatic N) is 2. The predicted molar refractivity (Wildman–Crippen MR) is 196 cm³/mol. The summed E-state index contributed by atoms with van der Waals surface area (Å²) in [6.07, 6.45) is 43.9. The van der Waals surface area contributed by atoms with Crippen LogP contribution in [0.15, 0.2) is 36.5 Å². The second-order valence-corrected chi connectivity index (χ2v) is 13.9. The van der Waals surface area contributed by atoms with Crippen molar-refractivity contribution in [3.63, 3.8) is 0 Å². The molecule has 0 aliphatic carbocycles. The molecule has 2 rings (SSSR count). The summed E-state index contributed by atoms with van der Waals surface area (Å²) >= 11 is 0. The van der Waals surface area contributed by atoms with E-state index in [0.717, 1.165) is 25.8 Å². The zero-order valence-corrected chi connectivity index (χ0v) is 29.8. The van der Waals surface area contributed by atoms with E-state index in [1.165, 1.54) is 190 Å². The van der Waals surface area contributed by atoms with Crippen molar-refractivity contribution in [2.24, 2.45) is 0 Å².